The Balaban J connectivity index is 1.84. The van der Waals surface area contributed by atoms with Gasteiger partial charge in [-0.2, -0.15) is 9.83 Å². The number of rotatable bonds is 4. The molecule has 5 aromatic rings. The van der Waals surface area contributed by atoms with Crippen molar-refractivity contribution in [2.75, 3.05) is 0 Å². The van der Waals surface area contributed by atoms with Crippen LogP contribution in [0, 0.1) is 25.2 Å². The van der Waals surface area contributed by atoms with Crippen LogP contribution in [0.15, 0.2) is 65.1 Å². The summed E-state index contributed by atoms with van der Waals surface area (Å²) in [5, 5.41) is 13.3. The van der Waals surface area contributed by atoms with E-state index in [1.54, 1.807) is 0 Å². The van der Waals surface area contributed by atoms with E-state index < -0.39 is 8.07 Å². The molecule has 0 N–H and O–H groups in total. The van der Waals surface area contributed by atoms with E-state index >= 15 is 0 Å². The van der Waals surface area contributed by atoms with Crippen molar-refractivity contribution in [1.82, 2.24) is 0 Å². The third kappa shape index (κ3) is 4.18. The second-order valence-corrected chi connectivity index (χ2v) is 16.6. The normalized spacial score (nSPS) is 12.0. The third-order valence-corrected chi connectivity index (χ3v) is 9.74. The van der Waals surface area contributed by atoms with Gasteiger partial charge in [-0.05, 0) is 41.7 Å². The fourth-order valence-electron chi connectivity index (χ4n) is 5.23. The average Bonchev–Trinajstić information content (AvgIpc) is 3.24. The van der Waals surface area contributed by atoms with Crippen molar-refractivity contribution in [1.29, 1.82) is 5.26 Å². The first-order valence-corrected chi connectivity index (χ1v) is 16.5. The van der Waals surface area contributed by atoms with Crippen LogP contribution < -0.4 is 9.75 Å². The third-order valence-electron chi connectivity index (χ3n) is 7.67. The Bertz CT molecular complexity index is 1710. The molecule has 4 heteroatoms. The van der Waals surface area contributed by atoms with E-state index in [4.69, 9.17) is 4.42 Å². The van der Waals surface area contributed by atoms with Gasteiger partial charge in [-0.15, -0.1) is 0 Å². The molecule has 3 nitrogen and oxygen atoms in total. The van der Waals surface area contributed by atoms with Gasteiger partial charge in [0, 0.05) is 35.4 Å². The van der Waals surface area contributed by atoms with E-state index in [0.717, 1.165) is 49.9 Å². The van der Waals surface area contributed by atoms with Crippen molar-refractivity contribution < 1.29 is 8.98 Å². The van der Waals surface area contributed by atoms with Crippen LogP contribution in [0.3, 0.4) is 0 Å². The number of pyridine rings is 1. The molecule has 2 aromatic heterocycles. The Morgan fingerprint density at radius 2 is 1.59 bits per heavy atom. The highest BCUT2D eigenvalue weighted by Crippen LogP contribution is 2.42. The van der Waals surface area contributed by atoms with E-state index in [9.17, 15) is 5.26 Å². The van der Waals surface area contributed by atoms with Gasteiger partial charge >= 0.3 is 0 Å². The van der Waals surface area contributed by atoms with Crippen molar-refractivity contribution in [3.05, 3.63) is 83.0 Å². The highest BCUT2D eigenvalue weighted by molar-refractivity contribution is 6.88. The van der Waals surface area contributed by atoms with Gasteiger partial charge in [0.1, 0.15) is 18.2 Å². The Kier molecular flexibility index (Phi) is 6.08. The number of hydrogen-bond acceptors (Lipinski definition) is 2. The lowest BCUT2D eigenvalue weighted by Gasteiger charge is -2.16. The summed E-state index contributed by atoms with van der Waals surface area (Å²) in [6, 6.07) is 24.1. The quantitative estimate of drug-likeness (QED) is 0.185. The van der Waals surface area contributed by atoms with Gasteiger partial charge in [-0.25, -0.2) is 0 Å². The Morgan fingerprint density at radius 1 is 0.892 bits per heavy atom. The fraction of sp³-hybridized carbons (Fsp3) is 0.273. The average molecular weight is 504 g/mol. The largest absolute Gasteiger partial charge is 0.454 e. The minimum Gasteiger partial charge on any atom is -0.454 e. The smallest absolute Gasteiger partial charge is 0.216 e. The first-order chi connectivity index (χ1) is 17.5. The van der Waals surface area contributed by atoms with Crippen LogP contribution in [0.1, 0.15) is 42.1 Å². The summed E-state index contributed by atoms with van der Waals surface area (Å²) >= 11 is 0. The molecular formula is C33H35N2OSi+. The van der Waals surface area contributed by atoms with Gasteiger partial charge in [0.25, 0.3) is 0 Å². The molecule has 0 aliphatic carbocycles. The molecule has 0 spiro atoms. The fourth-order valence-corrected chi connectivity index (χ4v) is 6.39. The van der Waals surface area contributed by atoms with Crippen LogP contribution in [-0.2, 0) is 7.05 Å². The zero-order valence-corrected chi connectivity index (χ0v) is 24.2. The summed E-state index contributed by atoms with van der Waals surface area (Å²) in [7, 11) is 0.718. The van der Waals surface area contributed by atoms with Gasteiger partial charge in [-0.3, -0.25) is 0 Å². The Hall–Kier alpha value is -3.68. The summed E-state index contributed by atoms with van der Waals surface area (Å²) < 4.78 is 9.02. The SMILES string of the molecule is Cc1ccc2c(oc3c(-c4ccc([Si](C)(C)C)cc4)ccc(C#N)c32)c1-c1cc(C(C)C)cc(C)[n+]1C. The van der Waals surface area contributed by atoms with Crippen molar-refractivity contribution >= 4 is 35.2 Å². The van der Waals surface area contributed by atoms with Crippen LogP contribution in [0.2, 0.25) is 19.6 Å². The van der Waals surface area contributed by atoms with Crippen molar-refractivity contribution in [3.8, 4) is 28.5 Å². The summed E-state index contributed by atoms with van der Waals surface area (Å²) in [4.78, 5) is 0. The number of aryl methyl sites for hydroxylation is 2. The van der Waals surface area contributed by atoms with E-state index in [-0.39, 0.29) is 0 Å². The minimum absolute atomic E-state index is 0.421. The molecule has 0 bridgehead atoms. The summed E-state index contributed by atoms with van der Waals surface area (Å²) in [5.74, 6) is 0.421. The van der Waals surface area contributed by atoms with Gasteiger partial charge < -0.3 is 4.42 Å². The number of benzene rings is 3. The lowest BCUT2D eigenvalue weighted by Crippen LogP contribution is -2.37. The van der Waals surface area contributed by atoms with E-state index in [1.807, 2.05) is 12.1 Å². The van der Waals surface area contributed by atoms with Crippen molar-refractivity contribution in [2.24, 2.45) is 7.05 Å². The van der Waals surface area contributed by atoms with Gasteiger partial charge in [0.2, 0.25) is 5.69 Å². The zero-order chi connectivity index (χ0) is 26.6. The standard InChI is InChI=1S/C33H35N2OSi/c1-20(2)25-17-22(4)35(5)29(18-25)30-21(3)9-15-28-31-24(19-34)12-16-27(32(31)36-33(28)30)23-10-13-26(14-11-23)37(6,7)8/h9-18,20H,1-8H3/q+1. The van der Waals surface area contributed by atoms with Crippen molar-refractivity contribution in [3.63, 3.8) is 0 Å². The molecule has 0 saturated heterocycles. The second-order valence-electron chi connectivity index (χ2n) is 11.6. The van der Waals surface area contributed by atoms with E-state index in [1.165, 1.54) is 16.4 Å². The van der Waals surface area contributed by atoms with Crippen LogP contribution in [-0.4, -0.2) is 8.07 Å². The Labute approximate surface area is 221 Å². The molecule has 0 amide bonds. The van der Waals surface area contributed by atoms with Gasteiger partial charge in [0.15, 0.2) is 5.69 Å². The van der Waals surface area contributed by atoms with Crippen LogP contribution in [0.25, 0.3) is 44.3 Å². The number of aromatic nitrogens is 1. The highest BCUT2D eigenvalue weighted by atomic mass is 28.3. The molecule has 2 heterocycles. The molecule has 0 radical (unpaired) electrons. The second kappa shape index (κ2) is 9.01. The molecule has 0 atom stereocenters. The number of hydrogen-bond donors (Lipinski definition) is 0. The molecule has 0 saturated carbocycles. The topological polar surface area (TPSA) is 40.8 Å². The maximum Gasteiger partial charge on any atom is 0.216 e. The molecular weight excluding hydrogens is 468 g/mol. The zero-order valence-electron chi connectivity index (χ0n) is 23.2. The van der Waals surface area contributed by atoms with E-state index in [0.29, 0.717) is 11.5 Å². The van der Waals surface area contributed by atoms with Crippen LogP contribution in [0.5, 0.6) is 0 Å². The lowest BCUT2D eigenvalue weighted by molar-refractivity contribution is -0.666. The molecule has 37 heavy (non-hydrogen) atoms. The number of fused-ring (bicyclic) bond motifs is 3. The molecule has 0 unspecified atom stereocenters. The van der Waals surface area contributed by atoms with Crippen LogP contribution in [0.4, 0.5) is 0 Å². The number of nitrogens with zero attached hydrogens (tertiary/aromatic N) is 2. The first-order valence-electron chi connectivity index (χ1n) is 13.0. The monoisotopic (exact) mass is 503 g/mol. The highest BCUT2D eigenvalue weighted by Gasteiger charge is 2.25. The first kappa shape index (κ1) is 25.0. The van der Waals surface area contributed by atoms with Gasteiger partial charge in [-0.1, -0.05) is 75.1 Å². The number of furan rings is 1. The Morgan fingerprint density at radius 3 is 2.22 bits per heavy atom. The number of nitriles is 1. The summed E-state index contributed by atoms with van der Waals surface area (Å²) in [5.41, 5.74) is 10.3. The molecule has 186 valence electrons. The lowest BCUT2D eigenvalue weighted by atomic mass is 9.95. The molecule has 0 fully saturated rings. The minimum atomic E-state index is -1.40. The van der Waals surface area contributed by atoms with E-state index in [2.05, 4.69) is 114 Å². The summed E-state index contributed by atoms with van der Waals surface area (Å²) in [6.07, 6.45) is 0. The maximum atomic E-state index is 10.0. The molecule has 0 aliphatic rings. The van der Waals surface area contributed by atoms with Crippen LogP contribution >= 0.6 is 0 Å². The maximum absolute atomic E-state index is 10.0. The predicted octanol–water partition coefficient (Wildman–Crippen LogP) is 7.90. The van der Waals surface area contributed by atoms with Gasteiger partial charge in [0.05, 0.1) is 25.3 Å². The van der Waals surface area contributed by atoms with Crippen molar-refractivity contribution in [2.45, 2.75) is 53.3 Å². The molecule has 5 rings (SSSR count). The molecule has 3 aromatic carbocycles. The molecule has 0 aliphatic heterocycles. The predicted molar refractivity (Wildman–Crippen MR) is 157 cm³/mol. The summed E-state index contributed by atoms with van der Waals surface area (Å²) in [6.45, 7) is 15.8.